The van der Waals surface area contributed by atoms with Gasteiger partial charge in [-0.3, -0.25) is 9.59 Å². The third kappa shape index (κ3) is 7.94. The smallest absolute Gasteiger partial charge is 0.225 e. The Labute approximate surface area is 105 Å². The predicted molar refractivity (Wildman–Crippen MR) is 70.8 cm³/mol. The number of amides is 1. The van der Waals surface area contributed by atoms with Crippen molar-refractivity contribution in [1.29, 1.82) is 0 Å². The first-order valence-corrected chi connectivity index (χ1v) is 6.56. The van der Waals surface area contributed by atoms with Crippen molar-refractivity contribution < 1.29 is 9.59 Å². The molecular formula is C14H27NO2. The van der Waals surface area contributed by atoms with Crippen molar-refractivity contribution in [2.45, 2.75) is 60.3 Å². The van der Waals surface area contributed by atoms with Gasteiger partial charge >= 0.3 is 0 Å². The number of ketones is 1. The van der Waals surface area contributed by atoms with Crippen LogP contribution in [-0.4, -0.2) is 18.2 Å². The molecule has 0 atom stereocenters. The van der Waals surface area contributed by atoms with Crippen molar-refractivity contribution in [3.05, 3.63) is 0 Å². The Morgan fingerprint density at radius 3 is 2.12 bits per heavy atom. The molecule has 1 amide bonds. The Bertz CT molecular complexity index is 251. The van der Waals surface area contributed by atoms with E-state index in [1.165, 1.54) is 0 Å². The summed E-state index contributed by atoms with van der Waals surface area (Å²) >= 11 is 0. The molecule has 0 saturated heterocycles. The van der Waals surface area contributed by atoms with Gasteiger partial charge in [-0.15, -0.1) is 0 Å². The maximum absolute atomic E-state index is 11.5. The number of unbranched alkanes of at least 4 members (excludes halogenated alkanes) is 2. The van der Waals surface area contributed by atoms with Crippen molar-refractivity contribution >= 4 is 11.7 Å². The van der Waals surface area contributed by atoms with Gasteiger partial charge in [-0.05, 0) is 12.8 Å². The van der Waals surface area contributed by atoms with Crippen molar-refractivity contribution in [1.82, 2.24) is 5.32 Å². The van der Waals surface area contributed by atoms with E-state index in [2.05, 4.69) is 5.32 Å². The summed E-state index contributed by atoms with van der Waals surface area (Å²) in [4.78, 5) is 22.9. The first-order valence-electron chi connectivity index (χ1n) is 6.56. The van der Waals surface area contributed by atoms with Gasteiger partial charge in [0.2, 0.25) is 5.91 Å². The van der Waals surface area contributed by atoms with E-state index in [9.17, 15) is 9.59 Å². The zero-order chi connectivity index (χ0) is 13.5. The third-order valence-electron chi connectivity index (χ3n) is 2.71. The number of carbonyl (C=O) groups excluding carboxylic acids is 2. The van der Waals surface area contributed by atoms with E-state index in [0.717, 1.165) is 19.3 Å². The van der Waals surface area contributed by atoms with Crippen LogP contribution in [0.15, 0.2) is 0 Å². The van der Waals surface area contributed by atoms with E-state index < -0.39 is 0 Å². The Morgan fingerprint density at radius 1 is 1.06 bits per heavy atom. The van der Waals surface area contributed by atoms with E-state index in [1.54, 1.807) is 0 Å². The topological polar surface area (TPSA) is 46.2 Å². The molecule has 0 aromatic carbocycles. The summed E-state index contributed by atoms with van der Waals surface area (Å²) in [5.74, 6) is 0.579. The molecular weight excluding hydrogens is 214 g/mol. The molecule has 17 heavy (non-hydrogen) atoms. The minimum atomic E-state index is -0.312. The van der Waals surface area contributed by atoms with Crippen molar-refractivity contribution in [3.63, 3.8) is 0 Å². The Morgan fingerprint density at radius 2 is 1.65 bits per heavy atom. The highest BCUT2D eigenvalue weighted by Gasteiger charge is 2.20. The molecule has 0 spiro atoms. The van der Waals surface area contributed by atoms with Crippen molar-refractivity contribution in [3.8, 4) is 0 Å². The lowest BCUT2D eigenvalue weighted by molar-refractivity contribution is -0.128. The van der Waals surface area contributed by atoms with Crippen LogP contribution < -0.4 is 5.32 Å². The number of Topliss-reactive ketones (excluding diaryl/α,β-unsaturated/α-hetero) is 1. The summed E-state index contributed by atoms with van der Waals surface area (Å²) < 4.78 is 0. The molecule has 100 valence electrons. The average molecular weight is 241 g/mol. The number of hydrogen-bond donors (Lipinski definition) is 1. The Kier molecular flexibility index (Phi) is 7.09. The highest BCUT2D eigenvalue weighted by atomic mass is 16.2. The third-order valence-corrected chi connectivity index (χ3v) is 2.71. The lowest BCUT2D eigenvalue weighted by Gasteiger charge is -2.17. The molecule has 0 unspecified atom stereocenters. The number of hydrogen-bond acceptors (Lipinski definition) is 2. The second-order valence-corrected chi connectivity index (χ2v) is 5.94. The van der Waals surface area contributed by atoms with E-state index in [-0.39, 0.29) is 17.2 Å². The van der Waals surface area contributed by atoms with Gasteiger partial charge in [-0.25, -0.2) is 0 Å². The lowest BCUT2D eigenvalue weighted by Crippen LogP contribution is -2.35. The van der Waals surface area contributed by atoms with Gasteiger partial charge in [0.25, 0.3) is 0 Å². The summed E-state index contributed by atoms with van der Waals surface area (Å²) in [5.41, 5.74) is -0.312. The fraction of sp³-hybridized carbons (Fsp3) is 0.857. The summed E-state index contributed by atoms with van der Waals surface area (Å²) in [6, 6.07) is 0. The fourth-order valence-electron chi connectivity index (χ4n) is 1.36. The number of carbonyl (C=O) groups is 2. The van der Waals surface area contributed by atoms with Crippen molar-refractivity contribution in [2.75, 3.05) is 6.54 Å². The largest absolute Gasteiger partial charge is 0.356 e. The van der Waals surface area contributed by atoms with Crippen LogP contribution in [0.4, 0.5) is 0 Å². The van der Waals surface area contributed by atoms with Crippen LogP contribution in [-0.2, 0) is 9.59 Å². The van der Waals surface area contributed by atoms with E-state index in [1.807, 2.05) is 34.6 Å². The van der Waals surface area contributed by atoms with Crippen LogP contribution in [0.25, 0.3) is 0 Å². The molecule has 3 heteroatoms. The van der Waals surface area contributed by atoms with Gasteiger partial charge < -0.3 is 5.32 Å². The summed E-state index contributed by atoms with van der Waals surface area (Å²) in [7, 11) is 0. The van der Waals surface area contributed by atoms with Gasteiger partial charge in [-0.1, -0.05) is 41.0 Å². The van der Waals surface area contributed by atoms with Gasteiger partial charge in [-0.2, -0.15) is 0 Å². The quantitative estimate of drug-likeness (QED) is 0.697. The van der Waals surface area contributed by atoms with Crippen LogP contribution in [0.3, 0.4) is 0 Å². The molecule has 3 nitrogen and oxygen atoms in total. The Hall–Kier alpha value is -0.860. The minimum Gasteiger partial charge on any atom is -0.356 e. The zero-order valence-electron chi connectivity index (χ0n) is 11.9. The second kappa shape index (κ2) is 7.46. The molecule has 0 heterocycles. The van der Waals surface area contributed by atoms with Crippen LogP contribution >= 0.6 is 0 Å². The summed E-state index contributed by atoms with van der Waals surface area (Å²) in [6.07, 6.45) is 3.56. The monoisotopic (exact) mass is 241 g/mol. The van der Waals surface area contributed by atoms with Crippen LogP contribution in [0.1, 0.15) is 60.3 Å². The molecule has 1 N–H and O–H groups in total. The molecule has 0 saturated carbocycles. The SMILES string of the molecule is CC(C)C(=O)CCCCCNC(=O)C(C)(C)C. The van der Waals surface area contributed by atoms with Gasteiger partial charge in [0.05, 0.1) is 0 Å². The molecule has 0 fully saturated rings. The highest BCUT2D eigenvalue weighted by Crippen LogP contribution is 2.12. The van der Waals surface area contributed by atoms with E-state index in [4.69, 9.17) is 0 Å². The summed E-state index contributed by atoms with van der Waals surface area (Å²) in [6.45, 7) is 10.3. The maximum Gasteiger partial charge on any atom is 0.225 e. The number of rotatable bonds is 7. The van der Waals surface area contributed by atoms with Gasteiger partial charge in [0, 0.05) is 24.3 Å². The first kappa shape index (κ1) is 16.1. The molecule has 0 rings (SSSR count). The van der Waals surface area contributed by atoms with Gasteiger partial charge in [0.15, 0.2) is 0 Å². The predicted octanol–water partition coefficient (Wildman–Crippen LogP) is 2.93. The summed E-state index contributed by atoms with van der Waals surface area (Å²) in [5, 5.41) is 2.91. The van der Waals surface area contributed by atoms with Crippen LogP contribution in [0.2, 0.25) is 0 Å². The van der Waals surface area contributed by atoms with Crippen LogP contribution in [0.5, 0.6) is 0 Å². The van der Waals surface area contributed by atoms with Crippen molar-refractivity contribution in [2.24, 2.45) is 11.3 Å². The van der Waals surface area contributed by atoms with E-state index >= 15 is 0 Å². The molecule has 0 aliphatic heterocycles. The second-order valence-electron chi connectivity index (χ2n) is 5.94. The Balaban J connectivity index is 3.48. The van der Waals surface area contributed by atoms with Crippen LogP contribution in [0, 0.1) is 11.3 Å². The molecule has 0 aromatic rings. The minimum absolute atomic E-state index is 0.0933. The first-order chi connectivity index (χ1) is 7.75. The molecule has 0 aliphatic rings. The fourth-order valence-corrected chi connectivity index (χ4v) is 1.36. The van der Waals surface area contributed by atoms with Gasteiger partial charge in [0.1, 0.15) is 5.78 Å². The zero-order valence-corrected chi connectivity index (χ0v) is 11.9. The normalized spacial score (nSPS) is 11.6. The molecule has 0 aliphatic carbocycles. The average Bonchev–Trinajstić information content (AvgIpc) is 2.20. The lowest BCUT2D eigenvalue weighted by atomic mass is 9.95. The number of nitrogens with one attached hydrogen (secondary N) is 1. The van der Waals surface area contributed by atoms with E-state index in [0.29, 0.717) is 18.7 Å². The standard InChI is InChI=1S/C14H27NO2/c1-11(2)12(16)9-7-6-8-10-15-13(17)14(3,4)5/h11H,6-10H2,1-5H3,(H,15,17). The molecule has 0 bridgehead atoms. The highest BCUT2D eigenvalue weighted by molar-refractivity contribution is 5.81. The maximum atomic E-state index is 11.5. The molecule has 0 aromatic heterocycles. The molecule has 0 radical (unpaired) electrons.